The van der Waals surface area contributed by atoms with Crippen LogP contribution in [-0.4, -0.2) is 22.1 Å². The van der Waals surface area contributed by atoms with Crippen LogP contribution in [0.15, 0.2) is 50.1 Å². The lowest BCUT2D eigenvalue weighted by molar-refractivity contribution is 0.0491. The predicted molar refractivity (Wildman–Crippen MR) is 107 cm³/mol. The Morgan fingerprint density at radius 3 is 2.93 bits per heavy atom. The lowest BCUT2D eigenvalue weighted by atomic mass is 10.1. The summed E-state index contributed by atoms with van der Waals surface area (Å²) in [5, 5.41) is 3.92. The fourth-order valence-corrected chi connectivity index (χ4v) is 4.65. The summed E-state index contributed by atoms with van der Waals surface area (Å²) >= 11 is 2.83. The molecule has 138 valence electrons. The van der Waals surface area contributed by atoms with Crippen LogP contribution in [0.2, 0.25) is 0 Å². The van der Waals surface area contributed by atoms with E-state index in [9.17, 15) is 9.59 Å². The van der Waals surface area contributed by atoms with Crippen LogP contribution in [0.4, 0.5) is 0 Å². The van der Waals surface area contributed by atoms with Crippen molar-refractivity contribution in [2.24, 2.45) is 7.05 Å². The summed E-state index contributed by atoms with van der Waals surface area (Å²) in [5.74, 6) is 0.148. The van der Waals surface area contributed by atoms with Crippen molar-refractivity contribution in [1.82, 2.24) is 9.55 Å². The van der Waals surface area contributed by atoms with Gasteiger partial charge in [-0.05, 0) is 24.4 Å². The van der Waals surface area contributed by atoms with Gasteiger partial charge in [-0.15, -0.1) is 11.3 Å². The topological polar surface area (TPSA) is 74.3 Å². The molecule has 0 saturated carbocycles. The first-order chi connectivity index (χ1) is 13.1. The number of hydrogen-bond acceptors (Lipinski definition) is 7. The highest BCUT2D eigenvalue weighted by Gasteiger charge is 2.22. The summed E-state index contributed by atoms with van der Waals surface area (Å²) in [4.78, 5) is 30.1. The molecule has 0 radical (unpaired) electrons. The molecular formula is C19H16N2O4S2. The van der Waals surface area contributed by atoms with E-state index in [1.807, 2.05) is 29.6 Å². The summed E-state index contributed by atoms with van der Waals surface area (Å²) in [6.45, 7) is 2.03. The first-order valence-corrected chi connectivity index (χ1v) is 10.2. The number of carbonyl (C=O) groups excluding carboxylic acids is 1. The molecule has 4 rings (SSSR count). The molecular weight excluding hydrogens is 384 g/mol. The number of carbonyl (C=O) groups is 1. The Bertz CT molecular complexity index is 1210. The molecule has 0 aliphatic carbocycles. The van der Waals surface area contributed by atoms with Gasteiger partial charge in [-0.2, -0.15) is 0 Å². The minimum atomic E-state index is -0.486. The second kappa shape index (κ2) is 7.21. The van der Waals surface area contributed by atoms with Gasteiger partial charge in [-0.1, -0.05) is 30.0 Å². The van der Waals surface area contributed by atoms with Gasteiger partial charge in [0.15, 0.2) is 5.16 Å². The maximum atomic E-state index is 12.5. The smallest absolute Gasteiger partial charge is 0.374 e. The van der Waals surface area contributed by atoms with Gasteiger partial charge in [0, 0.05) is 23.8 Å². The van der Waals surface area contributed by atoms with E-state index in [4.69, 9.17) is 9.15 Å². The number of para-hydroxylation sites is 1. The molecule has 0 amide bonds. The Hall–Kier alpha value is -2.58. The summed E-state index contributed by atoms with van der Waals surface area (Å²) in [6.07, 6.45) is 0. The van der Waals surface area contributed by atoms with E-state index in [1.54, 1.807) is 20.0 Å². The molecule has 0 fully saturated rings. The molecule has 0 atom stereocenters. The molecule has 0 spiro atoms. The van der Waals surface area contributed by atoms with Crippen molar-refractivity contribution in [3.63, 3.8) is 0 Å². The molecule has 1 aromatic carbocycles. The Morgan fingerprint density at radius 1 is 1.30 bits per heavy atom. The number of benzene rings is 1. The Kier molecular flexibility index (Phi) is 4.75. The number of ether oxygens (including phenoxy) is 1. The van der Waals surface area contributed by atoms with Crippen molar-refractivity contribution in [3.05, 3.63) is 57.4 Å². The molecule has 27 heavy (non-hydrogen) atoms. The molecule has 0 aliphatic rings. The van der Waals surface area contributed by atoms with Crippen molar-refractivity contribution in [3.8, 4) is 0 Å². The van der Waals surface area contributed by atoms with Crippen LogP contribution in [-0.2, 0) is 17.5 Å². The molecule has 3 aromatic heterocycles. The molecule has 0 unspecified atom stereocenters. The average molecular weight is 400 g/mol. The molecule has 0 N–H and O–H groups in total. The zero-order valence-electron chi connectivity index (χ0n) is 14.7. The van der Waals surface area contributed by atoms with E-state index in [0.717, 1.165) is 10.9 Å². The monoisotopic (exact) mass is 400 g/mol. The second-order valence-electron chi connectivity index (χ2n) is 5.81. The third kappa shape index (κ3) is 3.15. The van der Waals surface area contributed by atoms with E-state index < -0.39 is 5.97 Å². The van der Waals surface area contributed by atoms with Crippen molar-refractivity contribution >= 4 is 50.3 Å². The maximum absolute atomic E-state index is 12.5. The van der Waals surface area contributed by atoms with Crippen molar-refractivity contribution in [2.75, 3.05) is 6.61 Å². The normalized spacial score (nSPS) is 11.3. The van der Waals surface area contributed by atoms with Crippen molar-refractivity contribution in [2.45, 2.75) is 17.8 Å². The first-order valence-electron chi connectivity index (χ1n) is 8.34. The summed E-state index contributed by atoms with van der Waals surface area (Å²) in [5.41, 5.74) is 1.30. The highest BCUT2D eigenvalue weighted by Crippen LogP contribution is 2.32. The zero-order valence-corrected chi connectivity index (χ0v) is 16.4. The quantitative estimate of drug-likeness (QED) is 0.284. The third-order valence-electron chi connectivity index (χ3n) is 4.17. The molecule has 0 aliphatic heterocycles. The van der Waals surface area contributed by atoms with Gasteiger partial charge in [0.1, 0.15) is 10.4 Å². The number of thioether (sulfide) groups is 1. The number of aromatic nitrogens is 2. The number of rotatable bonds is 5. The fraction of sp³-hybridized carbons (Fsp3) is 0.211. The van der Waals surface area contributed by atoms with E-state index in [1.165, 1.54) is 27.7 Å². The number of furan rings is 1. The van der Waals surface area contributed by atoms with Crippen LogP contribution in [0.3, 0.4) is 0 Å². The van der Waals surface area contributed by atoms with Gasteiger partial charge in [-0.3, -0.25) is 9.36 Å². The average Bonchev–Trinajstić information content (AvgIpc) is 3.28. The first kappa shape index (κ1) is 17.8. The number of nitrogens with zero attached hydrogens (tertiary/aromatic N) is 2. The van der Waals surface area contributed by atoms with Crippen LogP contribution in [0.5, 0.6) is 0 Å². The number of esters is 1. The van der Waals surface area contributed by atoms with Gasteiger partial charge < -0.3 is 9.15 Å². The van der Waals surface area contributed by atoms with Crippen molar-refractivity contribution in [1.29, 1.82) is 0 Å². The van der Waals surface area contributed by atoms with E-state index in [0.29, 0.717) is 26.7 Å². The van der Waals surface area contributed by atoms with E-state index in [-0.39, 0.29) is 17.9 Å². The largest absolute Gasteiger partial charge is 0.460 e. The lowest BCUT2D eigenvalue weighted by Gasteiger charge is -2.07. The summed E-state index contributed by atoms with van der Waals surface area (Å²) < 4.78 is 12.4. The van der Waals surface area contributed by atoms with Gasteiger partial charge >= 0.3 is 5.97 Å². The molecule has 8 heteroatoms. The Labute approximate surface area is 162 Å². The Balaban J connectivity index is 1.73. The van der Waals surface area contributed by atoms with Gasteiger partial charge in [0.25, 0.3) is 5.56 Å². The van der Waals surface area contributed by atoms with Crippen LogP contribution >= 0.6 is 23.1 Å². The van der Waals surface area contributed by atoms with Crippen LogP contribution in [0.25, 0.3) is 21.2 Å². The minimum Gasteiger partial charge on any atom is -0.460 e. The predicted octanol–water partition coefficient (Wildman–Crippen LogP) is 4.21. The minimum absolute atomic E-state index is 0.0774. The highest BCUT2D eigenvalue weighted by molar-refractivity contribution is 7.98. The molecule has 6 nitrogen and oxygen atoms in total. The lowest BCUT2D eigenvalue weighted by Crippen LogP contribution is -2.19. The molecule has 4 aromatic rings. The van der Waals surface area contributed by atoms with E-state index in [2.05, 4.69) is 4.98 Å². The van der Waals surface area contributed by atoms with Crippen LogP contribution < -0.4 is 5.56 Å². The van der Waals surface area contributed by atoms with Gasteiger partial charge in [-0.25, -0.2) is 9.78 Å². The van der Waals surface area contributed by atoms with Gasteiger partial charge in [0.2, 0.25) is 5.76 Å². The van der Waals surface area contributed by atoms with Crippen molar-refractivity contribution < 1.29 is 13.9 Å². The molecule has 0 bridgehead atoms. The summed E-state index contributed by atoms with van der Waals surface area (Å²) in [6, 6.07) is 9.26. The maximum Gasteiger partial charge on any atom is 0.374 e. The third-order valence-corrected chi connectivity index (χ3v) is 6.03. The summed E-state index contributed by atoms with van der Waals surface area (Å²) in [7, 11) is 1.70. The fourth-order valence-electron chi connectivity index (χ4n) is 2.85. The van der Waals surface area contributed by atoms with Crippen LogP contribution in [0.1, 0.15) is 23.0 Å². The van der Waals surface area contributed by atoms with Gasteiger partial charge in [0.05, 0.1) is 12.0 Å². The highest BCUT2D eigenvalue weighted by atomic mass is 32.2. The number of fused-ring (bicyclic) bond motifs is 2. The Morgan fingerprint density at radius 2 is 2.11 bits per heavy atom. The zero-order chi connectivity index (χ0) is 19.0. The number of hydrogen-bond donors (Lipinski definition) is 0. The molecule has 3 heterocycles. The SMILES string of the molecule is CCOC(=O)c1oc2ccccc2c1CSc1nc2sccc2c(=O)n1C. The standard InChI is InChI=1S/C19H16N2O4S2/c1-3-24-18(23)15-13(11-6-4-5-7-14(11)25-15)10-27-19-20-16-12(8-9-26-16)17(22)21(19)2/h4-9H,3,10H2,1-2H3. The molecule has 0 saturated heterocycles. The number of thiophene rings is 1. The van der Waals surface area contributed by atoms with Crippen LogP contribution in [0, 0.1) is 0 Å². The second-order valence-corrected chi connectivity index (χ2v) is 7.65. The van der Waals surface area contributed by atoms with E-state index >= 15 is 0 Å².